The molecule has 0 aromatic heterocycles. The van der Waals surface area contributed by atoms with Gasteiger partial charge in [0.15, 0.2) is 0 Å². The van der Waals surface area contributed by atoms with E-state index in [-0.39, 0.29) is 31.2 Å². The molecule has 3 fully saturated rings. The average Bonchev–Trinajstić information content (AvgIpc) is 3.21. The molecule has 1 unspecified atom stereocenters. The number of hydrogen-bond acceptors (Lipinski definition) is 3. The summed E-state index contributed by atoms with van der Waals surface area (Å²) < 4.78 is 13.3. The molecule has 2 saturated carbocycles. The third-order valence-electron chi connectivity index (χ3n) is 7.15. The summed E-state index contributed by atoms with van der Waals surface area (Å²) in [6, 6.07) is 10.3. The van der Waals surface area contributed by atoms with Crippen LogP contribution in [0.5, 0.6) is 0 Å². The molecule has 1 aromatic rings. The molecule has 1 aliphatic heterocycles. The first kappa shape index (κ1) is 20.9. The normalized spacial score (nSPS) is 27.7. The number of amides is 1. The van der Waals surface area contributed by atoms with Crippen molar-refractivity contribution in [1.82, 2.24) is 5.32 Å². The van der Waals surface area contributed by atoms with Crippen LogP contribution < -0.4 is 5.32 Å². The van der Waals surface area contributed by atoms with E-state index in [1.54, 1.807) is 6.92 Å². The molecular weight excluding hydrogens is 361 g/mol. The standard InChI is InChI=1S/C24H36BNO3/c1-18(27)26-22(17-19-11-5-2-6-12-19)25-28-23(20-13-7-3-8-14-20)24(29-25)21-15-9-4-10-16-21/h2,5-6,11-12,20-24H,3-4,7-10,13-17H2,1H3,(H,26,27)/t22-,23+,24?/m0/s1. The van der Waals surface area contributed by atoms with Crippen LogP contribution in [0.2, 0.25) is 0 Å². The number of carbonyl (C=O) groups is 1. The molecule has 1 amide bonds. The zero-order valence-corrected chi connectivity index (χ0v) is 17.9. The summed E-state index contributed by atoms with van der Waals surface area (Å²) in [5.74, 6) is 1.05. The highest BCUT2D eigenvalue weighted by Gasteiger charge is 2.50. The molecular formula is C24H36BNO3. The van der Waals surface area contributed by atoms with E-state index in [2.05, 4.69) is 17.4 Å². The minimum Gasteiger partial charge on any atom is -0.404 e. The van der Waals surface area contributed by atoms with Crippen LogP contribution in [-0.2, 0) is 20.5 Å². The van der Waals surface area contributed by atoms with Crippen LogP contribution in [0.4, 0.5) is 0 Å². The molecule has 0 spiro atoms. The highest BCUT2D eigenvalue weighted by molar-refractivity contribution is 6.47. The lowest BCUT2D eigenvalue weighted by Gasteiger charge is -2.35. The Hall–Kier alpha value is -1.33. The summed E-state index contributed by atoms with van der Waals surface area (Å²) in [6.07, 6.45) is 14.1. The van der Waals surface area contributed by atoms with Gasteiger partial charge in [-0.25, -0.2) is 0 Å². The maximum absolute atomic E-state index is 11.9. The predicted molar refractivity (Wildman–Crippen MR) is 116 cm³/mol. The zero-order valence-electron chi connectivity index (χ0n) is 17.9. The molecule has 3 atom stereocenters. The molecule has 1 aromatic carbocycles. The third kappa shape index (κ3) is 5.43. The van der Waals surface area contributed by atoms with Gasteiger partial charge >= 0.3 is 7.12 Å². The van der Waals surface area contributed by atoms with Crippen molar-refractivity contribution in [3.63, 3.8) is 0 Å². The Bertz CT molecular complexity index is 617. The van der Waals surface area contributed by atoms with Gasteiger partial charge in [0.25, 0.3) is 0 Å². The second-order valence-corrected chi connectivity index (χ2v) is 9.36. The van der Waals surface area contributed by atoms with Gasteiger partial charge in [0.05, 0.1) is 18.1 Å². The fourth-order valence-electron chi connectivity index (χ4n) is 5.71. The Kier molecular flexibility index (Phi) is 7.31. The van der Waals surface area contributed by atoms with Crippen LogP contribution in [-0.4, -0.2) is 31.2 Å². The number of benzene rings is 1. The van der Waals surface area contributed by atoms with Crippen LogP contribution in [0.25, 0.3) is 0 Å². The number of hydrogen-bond donors (Lipinski definition) is 1. The number of carbonyl (C=O) groups excluding carboxylic acids is 1. The Morgan fingerprint density at radius 2 is 1.45 bits per heavy atom. The molecule has 29 heavy (non-hydrogen) atoms. The Labute approximate surface area is 176 Å². The minimum atomic E-state index is -0.349. The first-order valence-electron chi connectivity index (χ1n) is 11.8. The monoisotopic (exact) mass is 397 g/mol. The van der Waals surface area contributed by atoms with E-state index in [9.17, 15) is 4.79 Å². The molecule has 3 aliphatic rings. The van der Waals surface area contributed by atoms with E-state index in [0.29, 0.717) is 11.8 Å². The lowest BCUT2D eigenvalue weighted by molar-refractivity contribution is -0.119. The summed E-state index contributed by atoms with van der Waals surface area (Å²) in [7, 11) is -0.349. The Balaban J connectivity index is 1.51. The highest BCUT2D eigenvalue weighted by atomic mass is 16.7. The van der Waals surface area contributed by atoms with Gasteiger partial charge in [-0.05, 0) is 49.5 Å². The molecule has 5 heteroatoms. The van der Waals surface area contributed by atoms with Crippen LogP contribution >= 0.6 is 0 Å². The predicted octanol–water partition coefficient (Wildman–Crippen LogP) is 4.71. The van der Waals surface area contributed by atoms with Gasteiger partial charge in [-0.3, -0.25) is 4.79 Å². The SMILES string of the molecule is CC(=O)N[C@@H](Cc1ccccc1)B1OC(C2CCCCC2)[C@@H](C2CCCCC2)O1. The minimum absolute atomic E-state index is 0.0199. The largest absolute Gasteiger partial charge is 0.481 e. The van der Waals surface area contributed by atoms with Crippen molar-refractivity contribution in [2.45, 2.75) is 95.7 Å². The number of nitrogens with one attached hydrogen (secondary N) is 1. The molecule has 4 nitrogen and oxygen atoms in total. The quantitative estimate of drug-likeness (QED) is 0.708. The van der Waals surface area contributed by atoms with Crippen LogP contribution in [0.3, 0.4) is 0 Å². The maximum Gasteiger partial charge on any atom is 0.481 e. The second-order valence-electron chi connectivity index (χ2n) is 9.36. The summed E-state index contributed by atoms with van der Waals surface area (Å²) >= 11 is 0. The topological polar surface area (TPSA) is 47.6 Å². The van der Waals surface area contributed by atoms with Crippen molar-refractivity contribution >= 4 is 13.0 Å². The lowest BCUT2D eigenvalue weighted by atomic mass is 9.74. The van der Waals surface area contributed by atoms with Crippen LogP contribution in [0.1, 0.15) is 76.7 Å². The van der Waals surface area contributed by atoms with Gasteiger partial charge in [0.2, 0.25) is 5.91 Å². The smallest absolute Gasteiger partial charge is 0.404 e. The fourth-order valence-corrected chi connectivity index (χ4v) is 5.71. The molecule has 1 saturated heterocycles. The van der Waals surface area contributed by atoms with Crippen molar-refractivity contribution in [1.29, 1.82) is 0 Å². The molecule has 1 N–H and O–H groups in total. The van der Waals surface area contributed by atoms with E-state index >= 15 is 0 Å². The highest BCUT2D eigenvalue weighted by Crippen LogP contribution is 2.40. The summed E-state index contributed by atoms with van der Waals surface area (Å²) in [6.45, 7) is 1.59. The lowest BCUT2D eigenvalue weighted by Crippen LogP contribution is -2.48. The fraction of sp³-hybridized carbons (Fsp3) is 0.708. The summed E-state index contributed by atoms with van der Waals surface area (Å²) in [4.78, 5) is 11.9. The zero-order chi connectivity index (χ0) is 20.1. The first-order chi connectivity index (χ1) is 14.2. The van der Waals surface area contributed by atoms with Crippen LogP contribution in [0.15, 0.2) is 30.3 Å². The molecule has 2 aliphatic carbocycles. The van der Waals surface area contributed by atoms with Crippen molar-refractivity contribution < 1.29 is 14.1 Å². The summed E-state index contributed by atoms with van der Waals surface area (Å²) in [5.41, 5.74) is 1.20. The first-order valence-corrected chi connectivity index (χ1v) is 11.8. The van der Waals surface area contributed by atoms with Gasteiger partial charge in [0, 0.05) is 6.92 Å². The Morgan fingerprint density at radius 1 is 0.931 bits per heavy atom. The maximum atomic E-state index is 11.9. The van der Waals surface area contributed by atoms with Gasteiger partial charge < -0.3 is 14.6 Å². The van der Waals surface area contributed by atoms with E-state index in [1.807, 2.05) is 18.2 Å². The molecule has 1 heterocycles. The van der Waals surface area contributed by atoms with Gasteiger partial charge in [-0.2, -0.15) is 0 Å². The molecule has 0 radical (unpaired) electrons. The van der Waals surface area contributed by atoms with E-state index in [4.69, 9.17) is 9.31 Å². The van der Waals surface area contributed by atoms with Crippen molar-refractivity contribution in [3.8, 4) is 0 Å². The van der Waals surface area contributed by atoms with E-state index < -0.39 is 0 Å². The molecule has 0 bridgehead atoms. The van der Waals surface area contributed by atoms with Crippen LogP contribution in [0, 0.1) is 11.8 Å². The van der Waals surface area contributed by atoms with Gasteiger partial charge in [-0.15, -0.1) is 0 Å². The van der Waals surface area contributed by atoms with Crippen molar-refractivity contribution in [3.05, 3.63) is 35.9 Å². The van der Waals surface area contributed by atoms with Crippen molar-refractivity contribution in [2.75, 3.05) is 0 Å². The second kappa shape index (κ2) is 10.1. The third-order valence-corrected chi connectivity index (χ3v) is 7.15. The average molecular weight is 397 g/mol. The van der Waals surface area contributed by atoms with Crippen molar-refractivity contribution in [2.24, 2.45) is 11.8 Å². The summed E-state index contributed by atoms with van der Waals surface area (Å²) in [5, 5.41) is 3.13. The molecule has 4 rings (SSSR count). The van der Waals surface area contributed by atoms with E-state index in [1.165, 1.54) is 69.8 Å². The molecule has 158 valence electrons. The Morgan fingerprint density at radius 3 is 1.93 bits per heavy atom. The number of rotatable bonds is 6. The van der Waals surface area contributed by atoms with Gasteiger partial charge in [-0.1, -0.05) is 68.9 Å². The van der Waals surface area contributed by atoms with Gasteiger partial charge in [0.1, 0.15) is 0 Å². The van der Waals surface area contributed by atoms with E-state index in [0.717, 1.165) is 6.42 Å².